The van der Waals surface area contributed by atoms with E-state index in [1.54, 1.807) is 12.1 Å². The molecule has 1 aromatic carbocycles. The third-order valence-corrected chi connectivity index (χ3v) is 4.77. The Kier molecular flexibility index (Phi) is 10.4. The lowest BCUT2D eigenvalue weighted by molar-refractivity contribution is -0.143. The number of nitrogens with one attached hydrogen (secondary N) is 1. The van der Waals surface area contributed by atoms with Gasteiger partial charge in [0.2, 0.25) is 0 Å². The van der Waals surface area contributed by atoms with Crippen molar-refractivity contribution in [3.8, 4) is 5.75 Å². The second-order valence-corrected chi connectivity index (χ2v) is 6.95. The number of halogens is 1. The Balaban J connectivity index is 0.000000479. The number of carboxylic acids is 2. The summed E-state index contributed by atoms with van der Waals surface area (Å²) in [5.41, 5.74) is 6.54. The number of benzene rings is 1. The highest BCUT2D eigenvalue weighted by Gasteiger charge is 2.29. The van der Waals surface area contributed by atoms with Crippen molar-refractivity contribution < 1.29 is 29.3 Å². The lowest BCUT2D eigenvalue weighted by Gasteiger charge is -2.24. The normalized spacial score (nSPS) is 14.7. The summed E-state index contributed by atoms with van der Waals surface area (Å²) in [6.45, 7) is 7.68. The lowest BCUT2D eigenvalue weighted by Crippen LogP contribution is -2.38. The number of nitrogens with two attached hydrogens (primary N) is 1. The van der Waals surface area contributed by atoms with E-state index in [-0.39, 0.29) is 24.8 Å². The van der Waals surface area contributed by atoms with Gasteiger partial charge < -0.3 is 26.0 Å². The molecule has 0 bridgehead atoms. The van der Waals surface area contributed by atoms with Crippen LogP contribution in [-0.2, 0) is 9.59 Å². The highest BCUT2D eigenvalue weighted by atomic mass is 35.5. The van der Waals surface area contributed by atoms with Gasteiger partial charge in [-0.3, -0.25) is 14.4 Å². The standard InChI is InChI=1S/C15H23ClN4O2.C4H6O4/c1-4-19-8-10(9-20(19)5-2)18-15(21)11-6-12(16)13(17)7-14(11)22-3;5-3(6)1-2-4(7)8/h6-7,10H,4-5,8-9,17H2,1-3H3,(H,18,21);1-2H2,(H,5,6)(H,7,8). The molecule has 10 nitrogen and oxygen atoms in total. The summed E-state index contributed by atoms with van der Waals surface area (Å²) in [4.78, 5) is 31.8. The molecule has 0 saturated carbocycles. The number of methoxy groups -OCH3 is 1. The van der Waals surface area contributed by atoms with Crippen LogP contribution in [0.5, 0.6) is 5.75 Å². The summed E-state index contributed by atoms with van der Waals surface area (Å²) in [7, 11) is 1.51. The molecule has 168 valence electrons. The number of likely N-dealkylation sites (N-methyl/N-ethyl adjacent to an activating group) is 2. The van der Waals surface area contributed by atoms with E-state index < -0.39 is 11.9 Å². The highest BCUT2D eigenvalue weighted by molar-refractivity contribution is 6.33. The Hall–Kier alpha value is -2.56. The maximum absolute atomic E-state index is 12.5. The minimum atomic E-state index is -1.08. The molecule has 1 saturated heterocycles. The second kappa shape index (κ2) is 12.2. The fraction of sp³-hybridized carbons (Fsp3) is 0.526. The molecule has 1 heterocycles. The van der Waals surface area contributed by atoms with Gasteiger partial charge in [0.25, 0.3) is 5.91 Å². The number of carbonyl (C=O) groups is 3. The van der Waals surface area contributed by atoms with Crippen molar-refractivity contribution in [1.82, 2.24) is 15.3 Å². The molecule has 5 N–H and O–H groups in total. The van der Waals surface area contributed by atoms with Gasteiger partial charge in [-0.05, 0) is 6.07 Å². The summed E-state index contributed by atoms with van der Waals surface area (Å²) in [5, 5.41) is 23.7. The number of amides is 1. The topological polar surface area (TPSA) is 145 Å². The van der Waals surface area contributed by atoms with E-state index in [1.807, 2.05) is 0 Å². The molecular weight excluding hydrogens is 416 g/mol. The van der Waals surface area contributed by atoms with Gasteiger partial charge in [0, 0.05) is 32.2 Å². The SMILES string of the molecule is CCN1CC(NC(=O)c2cc(Cl)c(N)cc2OC)CN1CC.O=C(O)CCC(=O)O. The molecule has 0 radical (unpaired) electrons. The molecule has 1 fully saturated rings. The quantitative estimate of drug-likeness (QED) is 0.438. The van der Waals surface area contributed by atoms with Gasteiger partial charge in [0.05, 0.1) is 42.3 Å². The van der Waals surface area contributed by atoms with Gasteiger partial charge in [-0.25, -0.2) is 10.0 Å². The van der Waals surface area contributed by atoms with Crippen LogP contribution in [0.4, 0.5) is 5.69 Å². The van der Waals surface area contributed by atoms with Crippen LogP contribution in [0, 0.1) is 0 Å². The molecule has 11 heteroatoms. The Morgan fingerprint density at radius 1 is 1.13 bits per heavy atom. The van der Waals surface area contributed by atoms with Crippen LogP contribution in [0.2, 0.25) is 5.02 Å². The minimum Gasteiger partial charge on any atom is -0.496 e. The van der Waals surface area contributed by atoms with Crippen molar-refractivity contribution in [2.75, 3.05) is 39.0 Å². The van der Waals surface area contributed by atoms with Crippen molar-refractivity contribution >= 4 is 35.1 Å². The third kappa shape index (κ3) is 7.69. The zero-order chi connectivity index (χ0) is 22.8. The fourth-order valence-corrected chi connectivity index (χ4v) is 3.10. The zero-order valence-electron chi connectivity index (χ0n) is 17.4. The number of carboxylic acid groups (broad SMARTS) is 2. The number of ether oxygens (including phenoxy) is 1. The first-order valence-electron chi connectivity index (χ1n) is 9.50. The molecule has 0 aliphatic carbocycles. The number of hydrogen-bond acceptors (Lipinski definition) is 7. The molecule has 1 aliphatic heterocycles. The summed E-state index contributed by atoms with van der Waals surface area (Å²) in [6, 6.07) is 3.20. The highest BCUT2D eigenvalue weighted by Crippen LogP contribution is 2.29. The van der Waals surface area contributed by atoms with E-state index in [9.17, 15) is 14.4 Å². The lowest BCUT2D eigenvalue weighted by atomic mass is 10.1. The first-order chi connectivity index (χ1) is 14.1. The van der Waals surface area contributed by atoms with Crippen LogP contribution in [-0.4, -0.2) is 77.4 Å². The number of rotatable bonds is 8. The van der Waals surface area contributed by atoms with Crippen LogP contribution in [0.1, 0.15) is 37.0 Å². The number of aliphatic carboxylic acids is 2. The van der Waals surface area contributed by atoms with E-state index in [4.69, 9.17) is 32.3 Å². The van der Waals surface area contributed by atoms with Gasteiger partial charge in [0.15, 0.2) is 0 Å². The van der Waals surface area contributed by atoms with E-state index in [2.05, 4.69) is 29.2 Å². The maximum atomic E-state index is 12.5. The van der Waals surface area contributed by atoms with E-state index in [1.165, 1.54) is 7.11 Å². The fourth-order valence-electron chi connectivity index (χ4n) is 2.94. The number of nitrogens with zero attached hydrogens (tertiary/aromatic N) is 2. The Morgan fingerprint density at radius 2 is 1.63 bits per heavy atom. The molecular formula is C19H29ClN4O6. The summed E-state index contributed by atoms with van der Waals surface area (Å²) in [5.74, 6) is -1.92. The van der Waals surface area contributed by atoms with Crippen LogP contribution in [0.3, 0.4) is 0 Å². The van der Waals surface area contributed by atoms with Gasteiger partial charge >= 0.3 is 11.9 Å². The molecule has 0 aromatic heterocycles. The van der Waals surface area contributed by atoms with Gasteiger partial charge in [-0.15, -0.1) is 0 Å². The molecule has 1 aliphatic rings. The first kappa shape index (κ1) is 25.5. The van der Waals surface area contributed by atoms with Crippen molar-refractivity contribution in [3.05, 3.63) is 22.7 Å². The Morgan fingerprint density at radius 3 is 2.03 bits per heavy atom. The van der Waals surface area contributed by atoms with Crippen LogP contribution in [0.25, 0.3) is 0 Å². The van der Waals surface area contributed by atoms with E-state index >= 15 is 0 Å². The molecule has 0 atom stereocenters. The van der Waals surface area contributed by atoms with Crippen molar-refractivity contribution in [2.45, 2.75) is 32.7 Å². The Labute approximate surface area is 180 Å². The van der Waals surface area contributed by atoms with Crippen molar-refractivity contribution in [3.63, 3.8) is 0 Å². The molecule has 1 aromatic rings. The number of hydrogen-bond donors (Lipinski definition) is 4. The smallest absolute Gasteiger partial charge is 0.303 e. The van der Waals surface area contributed by atoms with Gasteiger partial charge in [-0.1, -0.05) is 25.4 Å². The van der Waals surface area contributed by atoms with E-state index in [0.717, 1.165) is 26.2 Å². The molecule has 30 heavy (non-hydrogen) atoms. The summed E-state index contributed by atoms with van der Waals surface area (Å²) >= 11 is 6.02. The minimum absolute atomic E-state index is 0.0773. The van der Waals surface area contributed by atoms with E-state index in [0.29, 0.717) is 22.0 Å². The molecule has 2 rings (SSSR count). The largest absolute Gasteiger partial charge is 0.496 e. The van der Waals surface area contributed by atoms with Crippen LogP contribution < -0.4 is 15.8 Å². The zero-order valence-corrected chi connectivity index (χ0v) is 18.1. The Bertz CT molecular complexity index is 735. The number of anilines is 1. The molecule has 0 unspecified atom stereocenters. The van der Waals surface area contributed by atoms with Crippen LogP contribution >= 0.6 is 11.6 Å². The number of carbonyl (C=O) groups excluding carboxylic acids is 1. The summed E-state index contributed by atoms with van der Waals surface area (Å²) < 4.78 is 5.23. The first-order valence-corrected chi connectivity index (χ1v) is 9.87. The monoisotopic (exact) mass is 444 g/mol. The second-order valence-electron chi connectivity index (χ2n) is 6.54. The maximum Gasteiger partial charge on any atom is 0.303 e. The summed E-state index contributed by atoms with van der Waals surface area (Å²) in [6.07, 6.45) is -0.593. The van der Waals surface area contributed by atoms with Gasteiger partial charge in [0.1, 0.15) is 5.75 Å². The van der Waals surface area contributed by atoms with Gasteiger partial charge in [-0.2, -0.15) is 0 Å². The predicted octanol–water partition coefficient (Wildman–Crippen LogP) is 1.54. The molecule has 1 amide bonds. The predicted molar refractivity (Wildman–Crippen MR) is 113 cm³/mol. The van der Waals surface area contributed by atoms with Crippen molar-refractivity contribution in [2.24, 2.45) is 0 Å². The number of nitrogen functional groups attached to an aromatic ring is 1. The average molecular weight is 445 g/mol. The molecule has 0 spiro atoms. The number of hydrazine groups is 1. The third-order valence-electron chi connectivity index (χ3n) is 4.44. The van der Waals surface area contributed by atoms with Crippen LogP contribution in [0.15, 0.2) is 12.1 Å². The average Bonchev–Trinajstić information content (AvgIpc) is 3.10. The van der Waals surface area contributed by atoms with Crippen molar-refractivity contribution in [1.29, 1.82) is 0 Å².